The second-order valence-electron chi connectivity index (χ2n) is 7.97. The number of fused-ring (bicyclic) bond motifs is 1. The van der Waals surface area contributed by atoms with Gasteiger partial charge in [0.15, 0.2) is 0 Å². The number of thiophene rings is 1. The van der Waals surface area contributed by atoms with Gasteiger partial charge in [-0.1, -0.05) is 6.92 Å². The third-order valence-electron chi connectivity index (χ3n) is 5.52. The molecule has 3 rings (SSSR count). The molecule has 1 aliphatic rings. The minimum absolute atomic E-state index is 0.0200. The number of benzene rings is 1. The molecule has 0 aliphatic carbocycles. The molecule has 176 valence electrons. The molecule has 8 heteroatoms. The highest BCUT2D eigenvalue weighted by atomic mass is 32.1. The predicted octanol–water partition coefficient (Wildman–Crippen LogP) is 3.50. The maximum Gasteiger partial charge on any atom is 0.237 e. The molecule has 0 bridgehead atoms. The van der Waals surface area contributed by atoms with Gasteiger partial charge in [0, 0.05) is 24.6 Å². The monoisotopic (exact) mass is 464 g/mol. The second-order valence-corrected chi connectivity index (χ2v) is 8.97. The molecule has 0 saturated carbocycles. The van der Waals surface area contributed by atoms with Crippen LogP contribution in [0.3, 0.4) is 0 Å². The molecule has 32 heavy (non-hydrogen) atoms. The number of halogens is 1. The Morgan fingerprint density at radius 2 is 2.09 bits per heavy atom. The Labute approximate surface area is 193 Å². The zero-order chi connectivity index (χ0) is 22.9. The highest BCUT2D eigenvalue weighted by Gasteiger charge is 2.33. The van der Waals surface area contributed by atoms with E-state index in [1.807, 2.05) is 16.7 Å². The molecule has 0 fully saturated rings. The van der Waals surface area contributed by atoms with Crippen molar-refractivity contribution in [2.75, 3.05) is 46.0 Å². The number of nitrogens with zero attached hydrogens (tertiary/aromatic N) is 2. The van der Waals surface area contributed by atoms with E-state index in [9.17, 15) is 14.3 Å². The maximum absolute atomic E-state index is 13.3. The molecule has 2 heterocycles. The molecule has 1 amide bonds. The van der Waals surface area contributed by atoms with Crippen LogP contribution in [0, 0.1) is 5.82 Å². The average Bonchev–Trinajstić information content (AvgIpc) is 3.26. The van der Waals surface area contributed by atoms with Gasteiger partial charge in [-0.05, 0) is 67.6 Å². The van der Waals surface area contributed by atoms with Crippen LogP contribution < -0.4 is 4.74 Å². The summed E-state index contributed by atoms with van der Waals surface area (Å²) in [5, 5.41) is 12.3. The second kappa shape index (κ2) is 12.3. The zero-order valence-corrected chi connectivity index (χ0v) is 19.7. The largest absolute Gasteiger partial charge is 0.491 e. The highest BCUT2D eigenvalue weighted by Crippen LogP contribution is 2.34. The van der Waals surface area contributed by atoms with Crippen LogP contribution in [0.5, 0.6) is 5.75 Å². The van der Waals surface area contributed by atoms with E-state index >= 15 is 0 Å². The topological polar surface area (TPSA) is 62.2 Å². The van der Waals surface area contributed by atoms with Gasteiger partial charge in [-0.2, -0.15) is 0 Å². The number of carbonyl (C=O) groups excluding carboxylic acids is 1. The quantitative estimate of drug-likeness (QED) is 0.521. The molecule has 1 aromatic carbocycles. The van der Waals surface area contributed by atoms with Gasteiger partial charge < -0.3 is 19.5 Å². The van der Waals surface area contributed by atoms with Crippen LogP contribution in [-0.4, -0.2) is 72.9 Å². The van der Waals surface area contributed by atoms with E-state index in [1.54, 1.807) is 23.5 Å². The van der Waals surface area contributed by atoms with Gasteiger partial charge in [0.25, 0.3) is 0 Å². The number of ether oxygens (including phenoxy) is 2. The molecule has 1 aromatic heterocycles. The Kier molecular flexibility index (Phi) is 9.47. The van der Waals surface area contributed by atoms with Crippen LogP contribution in [-0.2, 0) is 16.0 Å². The van der Waals surface area contributed by atoms with E-state index < -0.39 is 6.10 Å². The summed E-state index contributed by atoms with van der Waals surface area (Å²) in [7, 11) is 0. The van der Waals surface area contributed by atoms with Crippen LogP contribution in [0.4, 0.5) is 4.39 Å². The summed E-state index contributed by atoms with van der Waals surface area (Å²) in [5.74, 6) is 0.286. The standard InChI is InChI=1S/C24H33FN2O4S/c1-3-11-26(14-19(28)16-30-4-2)15-24(29)27-12-9-23-21(10-13-32-23)22(27)17-31-20-7-5-18(25)6-8-20/h5-8,10,13,19,22,28H,3-4,9,11-12,14-17H2,1-2H3/t19-,22+/m0/s1. The van der Waals surface area contributed by atoms with Crippen molar-refractivity contribution in [2.24, 2.45) is 0 Å². The normalized spacial score (nSPS) is 16.8. The van der Waals surface area contributed by atoms with Crippen molar-refractivity contribution in [3.63, 3.8) is 0 Å². The zero-order valence-electron chi connectivity index (χ0n) is 18.8. The van der Waals surface area contributed by atoms with Crippen LogP contribution in [0.2, 0.25) is 0 Å². The fraction of sp³-hybridized carbons (Fsp3) is 0.542. The molecular formula is C24H33FN2O4S. The smallest absolute Gasteiger partial charge is 0.237 e. The summed E-state index contributed by atoms with van der Waals surface area (Å²) in [5.41, 5.74) is 1.12. The van der Waals surface area contributed by atoms with Crippen molar-refractivity contribution in [3.8, 4) is 5.75 Å². The molecular weight excluding hydrogens is 431 g/mol. The van der Waals surface area contributed by atoms with Crippen molar-refractivity contribution < 1.29 is 23.8 Å². The van der Waals surface area contributed by atoms with Gasteiger partial charge in [-0.3, -0.25) is 9.69 Å². The Morgan fingerprint density at radius 1 is 1.31 bits per heavy atom. The van der Waals surface area contributed by atoms with Gasteiger partial charge in [-0.25, -0.2) is 4.39 Å². The first-order valence-corrected chi connectivity index (χ1v) is 12.1. The number of amides is 1. The maximum atomic E-state index is 13.3. The fourth-order valence-corrected chi connectivity index (χ4v) is 4.95. The summed E-state index contributed by atoms with van der Waals surface area (Å²) >= 11 is 1.70. The van der Waals surface area contributed by atoms with Gasteiger partial charge in [0.2, 0.25) is 5.91 Å². The summed E-state index contributed by atoms with van der Waals surface area (Å²) in [6.07, 6.45) is 1.09. The van der Waals surface area contributed by atoms with E-state index in [-0.39, 0.29) is 30.9 Å². The summed E-state index contributed by atoms with van der Waals surface area (Å²) in [4.78, 5) is 18.5. The molecule has 1 aliphatic heterocycles. The summed E-state index contributed by atoms with van der Waals surface area (Å²) in [6, 6.07) is 7.80. The minimum Gasteiger partial charge on any atom is -0.491 e. The first kappa shape index (κ1) is 24.6. The van der Waals surface area contributed by atoms with Crippen molar-refractivity contribution in [1.29, 1.82) is 0 Å². The van der Waals surface area contributed by atoms with Crippen LogP contribution in [0.25, 0.3) is 0 Å². The van der Waals surface area contributed by atoms with E-state index in [0.717, 1.165) is 24.9 Å². The molecule has 2 atom stereocenters. The average molecular weight is 465 g/mol. The Morgan fingerprint density at radius 3 is 2.81 bits per heavy atom. The Hall–Kier alpha value is -2.00. The highest BCUT2D eigenvalue weighted by molar-refractivity contribution is 7.10. The minimum atomic E-state index is -0.628. The third-order valence-corrected chi connectivity index (χ3v) is 6.52. The third kappa shape index (κ3) is 6.75. The Bertz CT molecular complexity index is 845. The van der Waals surface area contributed by atoms with Gasteiger partial charge in [0.1, 0.15) is 18.2 Å². The number of aliphatic hydroxyl groups excluding tert-OH is 1. The van der Waals surface area contributed by atoms with Crippen molar-refractivity contribution in [3.05, 3.63) is 52.0 Å². The van der Waals surface area contributed by atoms with E-state index in [4.69, 9.17) is 9.47 Å². The number of hydrogen-bond donors (Lipinski definition) is 1. The lowest BCUT2D eigenvalue weighted by Crippen LogP contribution is -2.48. The first-order chi connectivity index (χ1) is 15.5. The number of aliphatic hydroxyl groups is 1. The fourth-order valence-electron chi connectivity index (χ4n) is 4.02. The lowest BCUT2D eigenvalue weighted by atomic mass is 10.0. The van der Waals surface area contributed by atoms with Crippen LogP contribution >= 0.6 is 11.3 Å². The van der Waals surface area contributed by atoms with Gasteiger partial charge in [0.05, 0.1) is 25.3 Å². The van der Waals surface area contributed by atoms with E-state index in [2.05, 4.69) is 18.4 Å². The number of rotatable bonds is 12. The van der Waals surface area contributed by atoms with Crippen molar-refractivity contribution >= 4 is 17.2 Å². The van der Waals surface area contributed by atoms with Gasteiger partial charge >= 0.3 is 0 Å². The molecule has 0 unspecified atom stereocenters. The first-order valence-electron chi connectivity index (χ1n) is 11.2. The summed E-state index contributed by atoms with van der Waals surface area (Å²) < 4.78 is 24.5. The van der Waals surface area contributed by atoms with Gasteiger partial charge in [-0.15, -0.1) is 11.3 Å². The lowest BCUT2D eigenvalue weighted by Gasteiger charge is -2.37. The van der Waals surface area contributed by atoms with Crippen molar-refractivity contribution in [1.82, 2.24) is 9.80 Å². The predicted molar refractivity (Wildman–Crippen MR) is 124 cm³/mol. The molecule has 0 spiro atoms. The van der Waals surface area contributed by atoms with Crippen LogP contribution in [0.15, 0.2) is 35.7 Å². The van der Waals surface area contributed by atoms with E-state index in [1.165, 1.54) is 17.0 Å². The molecule has 0 radical (unpaired) electrons. The molecule has 2 aromatic rings. The SMILES string of the molecule is CCCN(CC(=O)N1CCc2sccc2[C@H]1COc1ccc(F)cc1)C[C@H](O)COCC. The Balaban J connectivity index is 1.68. The van der Waals surface area contributed by atoms with E-state index in [0.29, 0.717) is 32.1 Å². The molecule has 6 nitrogen and oxygen atoms in total. The number of carbonyl (C=O) groups is 1. The van der Waals surface area contributed by atoms with Crippen LogP contribution in [0.1, 0.15) is 36.8 Å². The van der Waals surface area contributed by atoms with Crippen molar-refractivity contribution in [2.45, 2.75) is 38.8 Å². The summed E-state index contributed by atoms with van der Waals surface area (Å²) in [6.45, 7) is 7.07. The molecule has 0 saturated heterocycles. The lowest BCUT2D eigenvalue weighted by molar-refractivity contribution is -0.136. The number of hydrogen-bond acceptors (Lipinski definition) is 6. The molecule has 1 N–H and O–H groups in total.